The molecule has 1 aromatic rings. The van der Waals surface area contributed by atoms with Crippen molar-refractivity contribution in [3.05, 3.63) is 29.8 Å². The molecule has 558 valence electrons. The van der Waals surface area contributed by atoms with E-state index < -0.39 is 77.8 Å². The summed E-state index contributed by atoms with van der Waals surface area (Å²) in [7, 11) is 0. The topological polar surface area (TPSA) is 492 Å². The second-order valence-corrected chi connectivity index (χ2v) is 22.9. The number of benzene rings is 1. The minimum atomic E-state index is -1.20. The minimum absolute atomic E-state index is 0.0402. The van der Waals surface area contributed by atoms with Crippen LogP contribution in [0.5, 0.6) is 0 Å². The predicted molar refractivity (Wildman–Crippen MR) is 353 cm³/mol. The van der Waals surface area contributed by atoms with E-state index in [1.54, 1.807) is 57.7 Å². The van der Waals surface area contributed by atoms with Crippen LogP contribution in [0.1, 0.15) is 70.8 Å². The van der Waals surface area contributed by atoms with E-state index in [9.17, 15) is 73.2 Å². The van der Waals surface area contributed by atoms with Crippen LogP contribution in [0.2, 0.25) is 0 Å². The Morgan fingerprint density at radius 1 is 0.480 bits per heavy atom. The Hall–Kier alpha value is -7.49. The maximum Gasteiger partial charge on any atom is 0.407 e. The first-order chi connectivity index (χ1) is 47.1. The summed E-state index contributed by atoms with van der Waals surface area (Å²) in [4.78, 5) is 142. The summed E-state index contributed by atoms with van der Waals surface area (Å²) in [5, 5.41) is 57.4. The van der Waals surface area contributed by atoms with Gasteiger partial charge in [-0.2, -0.15) is 0 Å². The van der Waals surface area contributed by atoms with E-state index in [1.807, 2.05) is 0 Å². The lowest BCUT2D eigenvalue weighted by Crippen LogP contribution is -2.54. The zero-order valence-electron chi connectivity index (χ0n) is 56.7. The fourth-order valence-corrected chi connectivity index (χ4v) is 9.47. The number of ether oxygens (including phenoxy) is 8. The molecule has 15 N–H and O–H groups in total. The number of carbonyl (C=O) groups excluding carboxylic acids is 7. The Balaban J connectivity index is 1.57. The first-order valence-electron chi connectivity index (χ1n) is 33.1. The van der Waals surface area contributed by atoms with Gasteiger partial charge in [-0.3, -0.25) is 62.8 Å². The van der Waals surface area contributed by atoms with Crippen molar-refractivity contribution in [3.63, 3.8) is 0 Å². The molecule has 8 amide bonds. The second-order valence-electron chi connectivity index (χ2n) is 22.9. The number of rotatable bonds is 54. The Morgan fingerprint density at radius 2 is 0.908 bits per heavy atom. The van der Waals surface area contributed by atoms with E-state index in [0.717, 1.165) is 0 Å². The first kappa shape index (κ1) is 86.6. The van der Waals surface area contributed by atoms with Gasteiger partial charge in [0.2, 0.25) is 29.5 Å². The third-order valence-electron chi connectivity index (χ3n) is 14.6. The number of carbonyl (C=O) groups is 11. The summed E-state index contributed by atoms with van der Waals surface area (Å²) < 4.78 is 43.4. The normalized spacial score (nSPS) is 14.5. The largest absolute Gasteiger partial charge is 0.480 e. The molecule has 36 nitrogen and oxygen atoms in total. The lowest BCUT2D eigenvalue weighted by Gasteiger charge is -2.35. The fourth-order valence-electron chi connectivity index (χ4n) is 9.47. The number of unbranched alkanes of at least 4 members (excludes halogenated alkanes) is 1. The van der Waals surface area contributed by atoms with Crippen molar-refractivity contribution in [1.29, 1.82) is 0 Å². The summed E-state index contributed by atoms with van der Waals surface area (Å²) >= 11 is 0. The van der Waals surface area contributed by atoms with Crippen LogP contribution in [0.4, 0.5) is 15.3 Å². The average Bonchev–Trinajstić information content (AvgIpc) is 0.930. The van der Waals surface area contributed by atoms with Crippen LogP contribution in [0.15, 0.2) is 24.3 Å². The molecule has 2 rings (SSSR count). The molecule has 1 heterocycles. The molecular weight excluding hydrogens is 1290 g/mol. The van der Waals surface area contributed by atoms with Gasteiger partial charge in [0.1, 0.15) is 24.7 Å². The van der Waals surface area contributed by atoms with Crippen molar-refractivity contribution in [2.75, 3.05) is 203 Å². The van der Waals surface area contributed by atoms with Gasteiger partial charge in [0, 0.05) is 110 Å². The molecule has 36 heteroatoms. The molecule has 98 heavy (non-hydrogen) atoms. The predicted octanol–water partition coefficient (Wildman–Crippen LogP) is -2.50. The summed E-state index contributed by atoms with van der Waals surface area (Å²) in [6.45, 7) is 9.09. The van der Waals surface area contributed by atoms with E-state index in [-0.39, 0.29) is 188 Å². The number of aliphatic carboxylic acids is 4. The second kappa shape index (κ2) is 54.4. The van der Waals surface area contributed by atoms with Gasteiger partial charge in [0.25, 0.3) is 0 Å². The van der Waals surface area contributed by atoms with E-state index >= 15 is 0 Å². The molecule has 0 saturated carbocycles. The zero-order valence-corrected chi connectivity index (χ0v) is 56.7. The van der Waals surface area contributed by atoms with Crippen molar-refractivity contribution in [1.82, 2.24) is 51.5 Å². The molecule has 0 aliphatic carbocycles. The van der Waals surface area contributed by atoms with Crippen molar-refractivity contribution in [2.45, 2.75) is 89.9 Å². The molecule has 1 aliphatic rings. The van der Waals surface area contributed by atoms with Crippen LogP contribution in [-0.4, -0.2) is 321 Å². The Bertz CT molecular complexity index is 2460. The number of hydrogen-bond acceptors (Lipinski definition) is 24. The van der Waals surface area contributed by atoms with Gasteiger partial charge in [-0.15, -0.1) is 0 Å². The monoisotopic (exact) mass is 1400 g/mol. The average molecular weight is 1400 g/mol. The number of hydrogen-bond donors (Lipinski definition) is 13. The first-order valence-corrected chi connectivity index (χ1v) is 33.1. The standard InChI is InChI=1S/C62H107N13O23/c1-46(2)57(59(86)70-49(6-5-16-67-61(64)89)58(85)69-48-11-9-47(10-12-48)45-98-62(90)68-19-31-94-33-32-91-28-15-63)71-53(78)8-4-3-7-51(76)65-17-29-92-34-36-95-38-40-97-41-39-96-37-35-93-30-18-66-52(77)14-13-50(60(87)88)75-26-24-73(43-55(81)82)22-20-72(42-54(79)80)21-23-74(25-27-75)44-56(83)84/h9-12,46,49-50,57H,3-8,13-45,63H2,1-2H3,(H,65,76)(H,66,77)(H,68,90)(H,69,85)(H,70,86)(H,71,78)(H,79,80)(H,81,82)(H,83,84)(H,87,88)(H3,64,67,89)/t49-,50?,57-/m0/s1. The van der Waals surface area contributed by atoms with Crippen LogP contribution < -0.4 is 48.7 Å². The summed E-state index contributed by atoms with van der Waals surface area (Å²) in [6, 6.07) is 2.60. The molecule has 1 aliphatic heterocycles. The van der Waals surface area contributed by atoms with Crippen molar-refractivity contribution >= 4 is 71.2 Å². The van der Waals surface area contributed by atoms with E-state index in [1.165, 1.54) is 0 Å². The maximum atomic E-state index is 13.6. The highest BCUT2D eigenvalue weighted by Crippen LogP contribution is 2.15. The van der Waals surface area contributed by atoms with E-state index in [2.05, 4.69) is 37.2 Å². The molecule has 1 aromatic carbocycles. The van der Waals surface area contributed by atoms with Crippen LogP contribution in [0.25, 0.3) is 0 Å². The van der Waals surface area contributed by atoms with E-state index in [0.29, 0.717) is 90.1 Å². The summed E-state index contributed by atoms with van der Waals surface area (Å²) in [5.41, 5.74) is 11.6. The summed E-state index contributed by atoms with van der Waals surface area (Å²) in [6.07, 6.45) is 0.550. The number of amides is 8. The highest BCUT2D eigenvalue weighted by Gasteiger charge is 2.31. The number of alkyl carbamates (subject to hydrolysis) is 1. The lowest BCUT2D eigenvalue weighted by atomic mass is 10.0. The lowest BCUT2D eigenvalue weighted by molar-refractivity contribution is -0.145. The van der Waals surface area contributed by atoms with Gasteiger partial charge in [0.05, 0.1) is 112 Å². The molecule has 0 spiro atoms. The number of carboxylic acid groups (broad SMARTS) is 4. The molecular formula is C62H107N13O23. The molecule has 1 unspecified atom stereocenters. The fraction of sp³-hybridized carbons (Fsp3) is 0.726. The minimum Gasteiger partial charge on any atom is -0.480 e. The van der Waals surface area contributed by atoms with Gasteiger partial charge in [-0.05, 0) is 55.7 Å². The third-order valence-corrected chi connectivity index (χ3v) is 14.6. The van der Waals surface area contributed by atoms with Crippen LogP contribution in [0, 0.1) is 5.92 Å². The number of nitrogens with zero attached hydrogens (tertiary/aromatic N) is 4. The number of anilines is 1. The van der Waals surface area contributed by atoms with E-state index in [4.69, 9.17) is 49.4 Å². The Morgan fingerprint density at radius 3 is 1.35 bits per heavy atom. The number of carboxylic acids is 4. The number of primary amides is 1. The third kappa shape index (κ3) is 45.2. The van der Waals surface area contributed by atoms with Crippen molar-refractivity contribution in [2.24, 2.45) is 17.4 Å². The number of nitrogens with two attached hydrogens (primary N) is 2. The van der Waals surface area contributed by atoms with Gasteiger partial charge < -0.3 is 107 Å². The SMILES string of the molecule is CC(C)[C@H](NC(=O)CCCCC(=O)NCCOCCOCCOCCOCCOCCNC(=O)CCC(C(=O)O)N1CCN(CC(=O)O)CCN(CC(=O)O)CCN(CC(=O)O)CC1)C(=O)N[C@@H](CCCNC(N)=O)C(=O)Nc1ccc(COC(=O)NCCOCCOCCN)cc1. The van der Waals surface area contributed by atoms with Crippen molar-refractivity contribution < 1.29 is 111 Å². The smallest absolute Gasteiger partial charge is 0.407 e. The molecule has 0 aromatic heterocycles. The quantitative estimate of drug-likeness (QED) is 0.0300. The van der Waals surface area contributed by atoms with Gasteiger partial charge >= 0.3 is 36.0 Å². The van der Waals surface area contributed by atoms with Crippen molar-refractivity contribution in [3.8, 4) is 0 Å². The van der Waals surface area contributed by atoms with Gasteiger partial charge in [-0.1, -0.05) is 26.0 Å². The highest BCUT2D eigenvalue weighted by atomic mass is 16.6. The summed E-state index contributed by atoms with van der Waals surface area (Å²) in [5.74, 6) is -7.03. The molecule has 1 saturated heterocycles. The van der Waals surface area contributed by atoms with Gasteiger partial charge in [-0.25, -0.2) is 9.59 Å². The zero-order chi connectivity index (χ0) is 72.1. The van der Waals surface area contributed by atoms with Crippen LogP contribution >= 0.6 is 0 Å². The number of nitrogens with one attached hydrogen (secondary N) is 7. The Labute approximate surface area is 571 Å². The molecule has 1 fully saturated rings. The molecule has 0 radical (unpaired) electrons. The van der Waals surface area contributed by atoms with Gasteiger partial charge in [0.15, 0.2) is 0 Å². The number of urea groups is 1. The Kier molecular flexibility index (Phi) is 48.1. The maximum absolute atomic E-state index is 13.6. The highest BCUT2D eigenvalue weighted by molar-refractivity contribution is 5.98. The molecule has 0 bridgehead atoms. The van der Waals surface area contributed by atoms with Crippen LogP contribution in [-0.2, 0) is 87.7 Å². The van der Waals surface area contributed by atoms with Crippen LogP contribution in [0.3, 0.4) is 0 Å². The molecule has 3 atom stereocenters.